The Hall–Kier alpha value is -2.61. The van der Waals surface area contributed by atoms with Crippen molar-refractivity contribution in [1.29, 1.82) is 0 Å². The minimum Gasteiger partial charge on any atom is -0.506 e. The smallest absolute Gasteiger partial charge is 0.404 e. The Kier molecular flexibility index (Phi) is 5.95. The average Bonchev–Trinajstić information content (AvgIpc) is 2.65. The second-order valence-corrected chi connectivity index (χ2v) is 7.10. The number of hydrogen-bond acceptors (Lipinski definition) is 6. The lowest BCUT2D eigenvalue weighted by Gasteiger charge is -2.29. The van der Waals surface area contributed by atoms with E-state index in [1.165, 1.54) is 13.3 Å². The van der Waals surface area contributed by atoms with E-state index in [2.05, 4.69) is 15.3 Å². The summed E-state index contributed by atoms with van der Waals surface area (Å²) in [4.78, 5) is 19.3. The number of aliphatic hydroxyl groups excluding tert-OH is 1. The van der Waals surface area contributed by atoms with Crippen molar-refractivity contribution in [2.75, 3.05) is 7.11 Å². The Morgan fingerprint density at radius 3 is 2.74 bits per heavy atom. The lowest BCUT2D eigenvalue weighted by Crippen LogP contribution is -2.37. The second kappa shape index (κ2) is 8.39. The van der Waals surface area contributed by atoms with Gasteiger partial charge in [0, 0.05) is 24.1 Å². The van der Waals surface area contributed by atoms with Gasteiger partial charge in [-0.25, -0.2) is 9.78 Å². The fourth-order valence-corrected chi connectivity index (χ4v) is 3.83. The number of methoxy groups -OCH3 is 1. The molecule has 3 rings (SSSR count). The predicted octanol–water partition coefficient (Wildman–Crippen LogP) is 2.46. The van der Waals surface area contributed by atoms with Gasteiger partial charge in [-0.2, -0.15) is 0 Å². The number of hydrogen-bond donors (Lipinski definition) is 4. The molecule has 2 heterocycles. The van der Waals surface area contributed by atoms with Crippen LogP contribution < -0.4 is 10.1 Å². The van der Waals surface area contributed by atoms with Crippen LogP contribution in [0.2, 0.25) is 0 Å². The van der Waals surface area contributed by atoms with E-state index in [4.69, 9.17) is 9.84 Å². The topological polar surface area (TPSA) is 125 Å². The molecule has 27 heavy (non-hydrogen) atoms. The molecule has 0 saturated heterocycles. The summed E-state index contributed by atoms with van der Waals surface area (Å²) in [6.45, 7) is 0. The number of nitrogens with one attached hydrogen (secondary N) is 1. The number of aliphatic hydroxyl groups is 1. The van der Waals surface area contributed by atoms with Gasteiger partial charge in [-0.15, -0.1) is 0 Å². The van der Waals surface area contributed by atoms with Gasteiger partial charge < -0.3 is 25.4 Å². The van der Waals surface area contributed by atoms with Gasteiger partial charge in [0.1, 0.15) is 5.75 Å². The van der Waals surface area contributed by atoms with Gasteiger partial charge >= 0.3 is 6.09 Å². The number of fused-ring (bicyclic) bond motifs is 1. The quantitative estimate of drug-likeness (QED) is 0.611. The van der Waals surface area contributed by atoms with Crippen LogP contribution in [0.1, 0.15) is 37.7 Å². The molecule has 146 valence electrons. The number of rotatable bonds is 6. The monoisotopic (exact) mass is 375 g/mol. The van der Waals surface area contributed by atoms with Crippen molar-refractivity contribution in [3.63, 3.8) is 0 Å². The first-order chi connectivity index (χ1) is 13.0. The fraction of sp³-hybridized carbons (Fsp3) is 0.526. The van der Waals surface area contributed by atoms with Gasteiger partial charge in [0.2, 0.25) is 5.88 Å². The van der Waals surface area contributed by atoms with Crippen molar-refractivity contribution >= 4 is 17.1 Å². The Morgan fingerprint density at radius 2 is 2.07 bits per heavy atom. The highest BCUT2D eigenvalue weighted by atomic mass is 16.5. The maximum atomic E-state index is 10.7. The molecule has 2 aromatic heterocycles. The van der Waals surface area contributed by atoms with Gasteiger partial charge in [0.25, 0.3) is 0 Å². The third-order valence-corrected chi connectivity index (χ3v) is 5.20. The van der Waals surface area contributed by atoms with Crippen LogP contribution in [0, 0.1) is 5.92 Å². The molecule has 4 N–H and O–H groups in total. The summed E-state index contributed by atoms with van der Waals surface area (Å²) in [6.07, 6.45) is 3.96. The molecule has 1 aliphatic carbocycles. The van der Waals surface area contributed by atoms with Gasteiger partial charge in [0.15, 0.2) is 0 Å². The molecule has 0 aromatic carbocycles. The SMILES string of the molecule is COc1ccc2ncc(O)c(CC(O)CC3CCC(NC(=O)O)CC3)c2n1. The van der Waals surface area contributed by atoms with Crippen LogP contribution >= 0.6 is 0 Å². The van der Waals surface area contributed by atoms with Crippen LogP contribution in [0.15, 0.2) is 18.3 Å². The highest BCUT2D eigenvalue weighted by Crippen LogP contribution is 2.31. The van der Waals surface area contributed by atoms with E-state index >= 15 is 0 Å². The lowest BCUT2D eigenvalue weighted by molar-refractivity contribution is 0.123. The van der Waals surface area contributed by atoms with E-state index in [9.17, 15) is 15.0 Å². The summed E-state index contributed by atoms with van der Waals surface area (Å²) in [6, 6.07) is 3.48. The molecule has 1 atom stereocenters. The molecule has 1 saturated carbocycles. The Balaban J connectivity index is 1.65. The van der Waals surface area contributed by atoms with Crippen molar-refractivity contribution in [2.24, 2.45) is 5.92 Å². The minimum atomic E-state index is -0.985. The molecule has 8 heteroatoms. The molecule has 1 amide bonds. The number of pyridine rings is 2. The standard InChI is InChI=1S/C19H25N3O5/c1-27-17-7-6-15-18(22-17)14(16(24)10-20-15)9-13(23)8-11-2-4-12(5-3-11)21-19(25)26/h6-7,10-13,21,23-24H,2-5,8-9H2,1H3,(H,25,26). The van der Waals surface area contributed by atoms with Crippen molar-refractivity contribution in [3.8, 4) is 11.6 Å². The maximum absolute atomic E-state index is 10.7. The molecule has 1 aliphatic rings. The summed E-state index contributed by atoms with van der Waals surface area (Å²) in [5.74, 6) is 0.774. The van der Waals surface area contributed by atoms with Crippen LogP contribution in [0.5, 0.6) is 11.6 Å². The normalized spacial score (nSPS) is 21.0. The number of carbonyl (C=O) groups is 1. The highest BCUT2D eigenvalue weighted by molar-refractivity contribution is 5.80. The van der Waals surface area contributed by atoms with Crippen LogP contribution in [0.4, 0.5) is 4.79 Å². The zero-order chi connectivity index (χ0) is 19.4. The lowest BCUT2D eigenvalue weighted by atomic mass is 9.82. The molecule has 8 nitrogen and oxygen atoms in total. The zero-order valence-electron chi connectivity index (χ0n) is 15.3. The van der Waals surface area contributed by atoms with E-state index in [-0.39, 0.29) is 18.2 Å². The number of carboxylic acid groups (broad SMARTS) is 1. The van der Waals surface area contributed by atoms with E-state index in [1.807, 2.05) is 0 Å². The fourth-order valence-electron chi connectivity index (χ4n) is 3.83. The van der Waals surface area contributed by atoms with Gasteiger partial charge in [0.05, 0.1) is 30.4 Å². The first-order valence-electron chi connectivity index (χ1n) is 9.15. The van der Waals surface area contributed by atoms with E-state index in [0.29, 0.717) is 34.8 Å². The van der Waals surface area contributed by atoms with Crippen molar-refractivity contribution in [1.82, 2.24) is 15.3 Å². The first-order valence-corrected chi connectivity index (χ1v) is 9.15. The number of aromatic nitrogens is 2. The largest absolute Gasteiger partial charge is 0.506 e. The predicted molar refractivity (Wildman–Crippen MR) is 99.0 cm³/mol. The van der Waals surface area contributed by atoms with Gasteiger partial charge in [-0.3, -0.25) is 4.98 Å². The minimum absolute atomic E-state index is 0.000688. The Morgan fingerprint density at radius 1 is 1.33 bits per heavy atom. The zero-order valence-corrected chi connectivity index (χ0v) is 15.3. The van der Waals surface area contributed by atoms with Crippen LogP contribution in [-0.4, -0.2) is 50.6 Å². The summed E-state index contributed by atoms with van der Waals surface area (Å²) >= 11 is 0. The van der Waals surface area contributed by atoms with Crippen LogP contribution in [-0.2, 0) is 6.42 Å². The number of ether oxygens (including phenoxy) is 1. The summed E-state index contributed by atoms with van der Waals surface area (Å²) in [7, 11) is 1.52. The maximum Gasteiger partial charge on any atom is 0.404 e. The first kappa shape index (κ1) is 19.2. The summed E-state index contributed by atoms with van der Waals surface area (Å²) in [5.41, 5.74) is 1.73. The van der Waals surface area contributed by atoms with Crippen molar-refractivity contribution < 1.29 is 24.9 Å². The molecule has 2 aromatic rings. The second-order valence-electron chi connectivity index (χ2n) is 7.10. The van der Waals surface area contributed by atoms with Gasteiger partial charge in [-0.05, 0) is 44.1 Å². The molecule has 0 aliphatic heterocycles. The van der Waals surface area contributed by atoms with Crippen LogP contribution in [0.3, 0.4) is 0 Å². The number of nitrogens with zero attached hydrogens (tertiary/aromatic N) is 2. The van der Waals surface area contributed by atoms with E-state index in [1.54, 1.807) is 12.1 Å². The Labute approximate surface area is 157 Å². The van der Waals surface area contributed by atoms with E-state index in [0.717, 1.165) is 25.7 Å². The molecule has 0 radical (unpaired) electrons. The third kappa shape index (κ3) is 4.77. The van der Waals surface area contributed by atoms with Crippen molar-refractivity contribution in [3.05, 3.63) is 23.9 Å². The van der Waals surface area contributed by atoms with Crippen molar-refractivity contribution in [2.45, 2.75) is 50.7 Å². The summed E-state index contributed by atoms with van der Waals surface area (Å²) in [5, 5.41) is 32.1. The van der Waals surface area contributed by atoms with Crippen LogP contribution in [0.25, 0.3) is 11.0 Å². The highest BCUT2D eigenvalue weighted by Gasteiger charge is 2.25. The molecule has 0 bridgehead atoms. The average molecular weight is 375 g/mol. The third-order valence-electron chi connectivity index (χ3n) is 5.20. The molecule has 0 spiro atoms. The van der Waals surface area contributed by atoms with E-state index < -0.39 is 12.2 Å². The molecule has 1 unspecified atom stereocenters. The Bertz CT molecular complexity index is 805. The molecule has 1 fully saturated rings. The number of amides is 1. The number of aromatic hydroxyl groups is 1. The summed E-state index contributed by atoms with van der Waals surface area (Å²) < 4.78 is 5.15. The van der Waals surface area contributed by atoms with Gasteiger partial charge in [-0.1, -0.05) is 0 Å². The molecular formula is C19H25N3O5. The molecular weight excluding hydrogens is 350 g/mol.